The lowest BCUT2D eigenvalue weighted by Gasteiger charge is -2.23. The molecule has 0 spiro atoms. The maximum absolute atomic E-state index is 5.05. The molecule has 51 heavy (non-hydrogen) atoms. The lowest BCUT2D eigenvalue weighted by atomic mass is 10.1. The first-order chi connectivity index (χ1) is 25.2. The number of rotatable bonds is 4. The Morgan fingerprint density at radius 3 is 1.73 bits per heavy atom. The van der Waals surface area contributed by atoms with E-state index in [2.05, 4.69) is 143 Å². The molecule has 0 saturated heterocycles. The molecule has 1 unspecified atom stereocenters. The first kappa shape index (κ1) is 28.7. The molecule has 0 radical (unpaired) electrons. The Labute approximate surface area is 301 Å². The highest BCUT2D eigenvalue weighted by molar-refractivity contribution is 7.27. The van der Waals surface area contributed by atoms with Crippen molar-refractivity contribution < 1.29 is 0 Å². The fraction of sp³-hybridized carbons (Fsp3) is 0.0222. The van der Waals surface area contributed by atoms with Gasteiger partial charge in [0.05, 0.1) is 11.0 Å². The van der Waals surface area contributed by atoms with Gasteiger partial charge in [0, 0.05) is 67.9 Å². The standard InChI is InChI=1S/C45H28N4S2/c1-3-11-27(12-4-1)43-46-44(28-13-5-2-6-14-28)48-45(47-43)29-19-21-33-35-25-42-36(26-41(35)50-39(33)23-29)34-22-20-30(24-40(34)51-42)49-37-17-9-7-15-31(37)32-16-8-10-18-38(32)49/h1-26,43H,(H,46,47,48). The van der Waals surface area contributed by atoms with Crippen molar-refractivity contribution in [1.29, 1.82) is 0 Å². The molecule has 3 aromatic heterocycles. The van der Waals surface area contributed by atoms with E-state index in [-0.39, 0.29) is 6.17 Å². The average Bonchev–Trinajstić information content (AvgIpc) is 3.85. The van der Waals surface area contributed by atoms with E-state index < -0.39 is 0 Å². The highest BCUT2D eigenvalue weighted by Gasteiger charge is 2.22. The van der Waals surface area contributed by atoms with Gasteiger partial charge in [-0.05, 0) is 48.0 Å². The van der Waals surface area contributed by atoms with Gasteiger partial charge in [0.15, 0.2) is 5.84 Å². The van der Waals surface area contributed by atoms with Crippen molar-refractivity contribution in [3.05, 3.63) is 174 Å². The Morgan fingerprint density at radius 2 is 1.04 bits per heavy atom. The van der Waals surface area contributed by atoms with Gasteiger partial charge >= 0.3 is 0 Å². The van der Waals surface area contributed by atoms with Crippen molar-refractivity contribution in [3.63, 3.8) is 0 Å². The summed E-state index contributed by atoms with van der Waals surface area (Å²) in [7, 11) is 0. The number of benzene rings is 7. The maximum Gasteiger partial charge on any atom is 0.159 e. The van der Waals surface area contributed by atoms with Crippen LogP contribution in [0.25, 0.3) is 67.8 Å². The van der Waals surface area contributed by atoms with Crippen LogP contribution in [0.5, 0.6) is 0 Å². The Kier molecular flexibility index (Phi) is 6.32. The lowest BCUT2D eigenvalue weighted by molar-refractivity contribution is 0.674. The molecule has 240 valence electrons. The quantitative estimate of drug-likeness (QED) is 0.196. The first-order valence-corrected chi connectivity index (χ1v) is 18.7. The van der Waals surface area contributed by atoms with Crippen LogP contribution in [-0.2, 0) is 0 Å². The Bertz CT molecular complexity index is 3000. The van der Waals surface area contributed by atoms with Crippen molar-refractivity contribution in [2.45, 2.75) is 6.17 Å². The monoisotopic (exact) mass is 688 g/mol. The molecule has 1 atom stereocenters. The highest BCUT2D eigenvalue weighted by atomic mass is 32.1. The van der Waals surface area contributed by atoms with Crippen LogP contribution in [0.15, 0.2) is 168 Å². The Balaban J connectivity index is 1.01. The van der Waals surface area contributed by atoms with Gasteiger partial charge in [-0.15, -0.1) is 22.7 Å². The minimum absolute atomic E-state index is 0.220. The second kappa shape index (κ2) is 11.2. The summed E-state index contributed by atoms with van der Waals surface area (Å²) in [5.41, 5.74) is 6.84. The first-order valence-electron chi connectivity index (χ1n) is 17.1. The summed E-state index contributed by atoms with van der Waals surface area (Å²) in [4.78, 5) is 10.1. The van der Waals surface area contributed by atoms with Gasteiger partial charge < -0.3 is 9.88 Å². The van der Waals surface area contributed by atoms with Gasteiger partial charge in [-0.2, -0.15) is 0 Å². The van der Waals surface area contributed by atoms with Gasteiger partial charge in [0.2, 0.25) is 0 Å². The largest absolute Gasteiger partial charge is 0.344 e. The van der Waals surface area contributed by atoms with Gasteiger partial charge in [-0.1, -0.05) is 115 Å². The van der Waals surface area contributed by atoms with Crippen LogP contribution < -0.4 is 5.32 Å². The molecule has 11 rings (SSSR count). The van der Waals surface area contributed by atoms with Crippen molar-refractivity contribution in [2.75, 3.05) is 0 Å². The topological polar surface area (TPSA) is 41.7 Å². The third-order valence-electron chi connectivity index (χ3n) is 10.1. The summed E-state index contributed by atoms with van der Waals surface area (Å²) in [5.74, 6) is 1.58. The minimum atomic E-state index is -0.220. The molecule has 1 aliphatic rings. The van der Waals surface area contributed by atoms with Crippen LogP contribution in [0.2, 0.25) is 0 Å². The summed E-state index contributed by atoms with van der Waals surface area (Å²) in [6.07, 6.45) is -0.220. The van der Waals surface area contributed by atoms with Crippen LogP contribution >= 0.6 is 22.7 Å². The number of para-hydroxylation sites is 2. The maximum atomic E-state index is 5.05. The number of nitrogens with one attached hydrogen (secondary N) is 1. The molecule has 10 aromatic rings. The van der Waals surface area contributed by atoms with Crippen LogP contribution in [0, 0.1) is 0 Å². The number of thiophene rings is 2. The van der Waals surface area contributed by atoms with Crippen molar-refractivity contribution >= 4 is 96.5 Å². The lowest BCUT2D eigenvalue weighted by Crippen LogP contribution is -2.33. The van der Waals surface area contributed by atoms with E-state index in [4.69, 9.17) is 9.98 Å². The van der Waals surface area contributed by atoms with Crippen LogP contribution in [0.3, 0.4) is 0 Å². The van der Waals surface area contributed by atoms with Gasteiger partial charge in [-0.3, -0.25) is 0 Å². The molecule has 0 bridgehead atoms. The summed E-state index contributed by atoms with van der Waals surface area (Å²) in [6.45, 7) is 0. The van der Waals surface area contributed by atoms with Gasteiger partial charge in [0.25, 0.3) is 0 Å². The molecule has 4 nitrogen and oxygen atoms in total. The van der Waals surface area contributed by atoms with E-state index in [1.807, 2.05) is 46.9 Å². The van der Waals surface area contributed by atoms with E-state index in [9.17, 15) is 0 Å². The van der Waals surface area contributed by atoms with Crippen LogP contribution in [0.1, 0.15) is 22.9 Å². The zero-order chi connectivity index (χ0) is 33.5. The SMILES string of the molecule is c1ccc(C2=NC(c3ccccc3)NC(c3ccc4c(c3)sc3cc5c(cc34)sc3cc(-n4c6ccccc6c6ccccc64)ccc35)=N2)cc1. The second-order valence-corrected chi connectivity index (χ2v) is 15.2. The number of hydrogen-bond acceptors (Lipinski definition) is 5. The zero-order valence-corrected chi connectivity index (χ0v) is 28.9. The number of aromatic nitrogens is 1. The molecule has 0 aliphatic carbocycles. The van der Waals surface area contributed by atoms with Crippen molar-refractivity contribution in [2.24, 2.45) is 9.98 Å². The van der Waals surface area contributed by atoms with Crippen LogP contribution in [0.4, 0.5) is 0 Å². The number of aliphatic imine (C=N–C) groups is 2. The molecule has 1 N–H and O–H groups in total. The summed E-state index contributed by atoms with van der Waals surface area (Å²) < 4.78 is 7.57. The third-order valence-corrected chi connectivity index (χ3v) is 12.3. The molecule has 0 fully saturated rings. The predicted molar refractivity (Wildman–Crippen MR) is 218 cm³/mol. The third kappa shape index (κ3) is 4.57. The molecule has 7 aromatic carbocycles. The van der Waals surface area contributed by atoms with E-state index in [1.54, 1.807) is 0 Å². The second-order valence-electron chi connectivity index (χ2n) is 13.0. The number of amidine groups is 2. The Morgan fingerprint density at radius 1 is 0.471 bits per heavy atom. The summed E-state index contributed by atoms with van der Waals surface area (Å²) in [6, 6.07) is 56.5. The molecule has 6 heteroatoms. The number of fused-ring (bicyclic) bond motifs is 9. The molecular weight excluding hydrogens is 661 g/mol. The smallest absolute Gasteiger partial charge is 0.159 e. The molecule has 0 saturated carbocycles. The normalized spacial score (nSPS) is 14.9. The fourth-order valence-corrected chi connectivity index (χ4v) is 9.97. The van der Waals surface area contributed by atoms with Gasteiger partial charge in [0.1, 0.15) is 12.0 Å². The minimum Gasteiger partial charge on any atom is -0.344 e. The predicted octanol–water partition coefficient (Wildman–Crippen LogP) is 12.0. The van der Waals surface area contributed by atoms with Gasteiger partial charge in [-0.25, -0.2) is 9.98 Å². The Hall–Kier alpha value is -6.08. The van der Waals surface area contributed by atoms with Crippen molar-refractivity contribution in [3.8, 4) is 5.69 Å². The molecular formula is C45H28N4S2. The summed E-state index contributed by atoms with van der Waals surface area (Å²) in [5, 5.41) is 11.4. The molecule has 1 aliphatic heterocycles. The fourth-order valence-electron chi connectivity index (χ4n) is 7.64. The van der Waals surface area contributed by atoms with E-state index in [1.165, 1.54) is 67.8 Å². The molecule has 4 heterocycles. The highest BCUT2D eigenvalue weighted by Crippen LogP contribution is 2.43. The molecule has 0 amide bonds. The van der Waals surface area contributed by atoms with E-state index >= 15 is 0 Å². The van der Waals surface area contributed by atoms with Crippen LogP contribution in [-0.4, -0.2) is 16.2 Å². The summed E-state index contributed by atoms with van der Waals surface area (Å²) >= 11 is 3.73. The average molecular weight is 689 g/mol. The number of nitrogens with zero attached hydrogens (tertiary/aromatic N) is 3. The van der Waals surface area contributed by atoms with E-state index in [0.29, 0.717) is 0 Å². The zero-order valence-electron chi connectivity index (χ0n) is 27.2. The van der Waals surface area contributed by atoms with Crippen molar-refractivity contribution in [1.82, 2.24) is 9.88 Å². The van der Waals surface area contributed by atoms with E-state index in [0.717, 1.165) is 28.4 Å². The number of hydrogen-bond donors (Lipinski definition) is 1.